The van der Waals surface area contributed by atoms with E-state index in [2.05, 4.69) is 4.74 Å². The van der Waals surface area contributed by atoms with Crippen LogP contribution in [0.5, 0.6) is 0 Å². The monoisotopic (exact) mass is 396 g/mol. The number of ether oxygens (including phenoxy) is 2. The van der Waals surface area contributed by atoms with Crippen molar-refractivity contribution in [2.24, 2.45) is 23.2 Å². The molecule has 8 nitrogen and oxygen atoms in total. The molecule has 4 bridgehead atoms. The third kappa shape index (κ3) is 3.34. The van der Waals surface area contributed by atoms with Gasteiger partial charge in [-0.3, -0.25) is 14.1 Å². The van der Waals surface area contributed by atoms with Gasteiger partial charge in [0.25, 0.3) is 0 Å². The average Bonchev–Trinajstić information content (AvgIpc) is 2.53. The van der Waals surface area contributed by atoms with Gasteiger partial charge in [0, 0.05) is 11.8 Å². The summed E-state index contributed by atoms with van der Waals surface area (Å²) < 4.78 is 64.1. The Morgan fingerprint density at radius 1 is 1.15 bits per heavy atom. The summed E-state index contributed by atoms with van der Waals surface area (Å²) in [5.41, 5.74) is -0.830. The zero-order valence-corrected chi connectivity index (χ0v) is 14.5. The van der Waals surface area contributed by atoms with Crippen LogP contribution in [0, 0.1) is 23.2 Å². The topological polar surface area (TPSA) is 124 Å². The molecule has 0 heterocycles. The van der Waals surface area contributed by atoms with E-state index in [4.69, 9.17) is 9.29 Å². The molecule has 2 unspecified atom stereocenters. The third-order valence-corrected chi connectivity index (χ3v) is 6.40. The summed E-state index contributed by atoms with van der Waals surface area (Å²) in [5.74, 6) is -1.93. The number of rotatable bonds is 6. The van der Waals surface area contributed by atoms with E-state index in [0.29, 0.717) is 19.3 Å². The Morgan fingerprint density at radius 2 is 1.73 bits per heavy atom. The van der Waals surface area contributed by atoms with Crippen molar-refractivity contribution in [2.45, 2.75) is 37.4 Å². The van der Waals surface area contributed by atoms with E-state index in [0.717, 1.165) is 12.8 Å². The van der Waals surface area contributed by atoms with Gasteiger partial charge >= 0.3 is 27.3 Å². The lowest BCUT2D eigenvalue weighted by atomic mass is 9.49. The number of ketones is 1. The molecule has 11 heteroatoms. The van der Waals surface area contributed by atoms with Gasteiger partial charge in [-0.25, -0.2) is 4.79 Å². The molecule has 0 spiro atoms. The summed E-state index contributed by atoms with van der Waals surface area (Å²) in [5, 5.41) is -4.65. The molecule has 0 amide bonds. The SMILES string of the molecule is O=C(COC(=O)C12CC3CC(C1)C(=O)C(C3)C2)OCC(F)(F)S(=O)(=O)O. The van der Waals surface area contributed by atoms with Gasteiger partial charge in [0.05, 0.1) is 5.41 Å². The minimum absolute atomic E-state index is 0.172. The highest BCUT2D eigenvalue weighted by Crippen LogP contribution is 2.59. The van der Waals surface area contributed by atoms with Gasteiger partial charge < -0.3 is 9.47 Å². The fourth-order valence-electron chi connectivity index (χ4n) is 4.56. The van der Waals surface area contributed by atoms with E-state index in [-0.39, 0.29) is 23.5 Å². The second kappa shape index (κ2) is 6.22. The first-order valence-electron chi connectivity index (χ1n) is 8.15. The number of hydrogen-bond donors (Lipinski definition) is 1. The van der Waals surface area contributed by atoms with Crippen LogP contribution in [0.1, 0.15) is 32.1 Å². The Bertz CT molecular complexity index is 729. The standard InChI is InChI=1S/C15H18F2O8S/c16-15(17,26(21,22)23)7-25-11(18)6-24-13(20)14-3-8-1-9(4-14)12(19)10(2-8)5-14/h8-10H,1-7H2,(H,21,22,23). The predicted octanol–water partition coefficient (Wildman–Crippen LogP) is 0.949. The van der Waals surface area contributed by atoms with Crippen LogP contribution < -0.4 is 0 Å². The highest BCUT2D eigenvalue weighted by atomic mass is 32.2. The van der Waals surface area contributed by atoms with Gasteiger partial charge in [-0.2, -0.15) is 17.2 Å². The summed E-state index contributed by atoms with van der Waals surface area (Å²) in [6.07, 6.45) is 2.83. The van der Waals surface area contributed by atoms with Crippen molar-refractivity contribution >= 4 is 27.8 Å². The zero-order chi connectivity index (χ0) is 19.3. The number of esters is 2. The van der Waals surface area contributed by atoms with Gasteiger partial charge in [-0.1, -0.05) is 0 Å². The van der Waals surface area contributed by atoms with Gasteiger partial charge in [0.15, 0.2) is 13.2 Å². The smallest absolute Gasteiger partial charge is 0.402 e. The molecule has 0 radical (unpaired) electrons. The molecule has 1 N–H and O–H groups in total. The van der Waals surface area contributed by atoms with Crippen molar-refractivity contribution in [2.75, 3.05) is 13.2 Å². The minimum Gasteiger partial charge on any atom is -0.455 e. The molecular weight excluding hydrogens is 378 g/mol. The van der Waals surface area contributed by atoms with E-state index in [1.807, 2.05) is 0 Å². The Kier molecular flexibility index (Phi) is 4.58. The molecule has 4 rings (SSSR count). The van der Waals surface area contributed by atoms with Crippen molar-refractivity contribution in [1.29, 1.82) is 0 Å². The molecule has 0 saturated heterocycles. The summed E-state index contributed by atoms with van der Waals surface area (Å²) >= 11 is 0. The van der Waals surface area contributed by atoms with Gasteiger partial charge in [0.1, 0.15) is 5.78 Å². The molecule has 0 aliphatic heterocycles. The highest BCUT2D eigenvalue weighted by Gasteiger charge is 2.59. The Hall–Kier alpha value is -1.62. The molecule has 0 aromatic carbocycles. The van der Waals surface area contributed by atoms with E-state index in [1.165, 1.54) is 0 Å². The van der Waals surface area contributed by atoms with Crippen LogP contribution in [0.4, 0.5) is 8.78 Å². The molecule has 4 aliphatic rings. The van der Waals surface area contributed by atoms with Gasteiger partial charge in [-0.15, -0.1) is 0 Å². The summed E-state index contributed by atoms with van der Waals surface area (Å²) in [4.78, 5) is 36.0. The summed E-state index contributed by atoms with van der Waals surface area (Å²) in [7, 11) is -5.72. The first kappa shape index (κ1) is 19.2. The Balaban J connectivity index is 1.53. The van der Waals surface area contributed by atoms with Crippen LogP contribution in [0.2, 0.25) is 0 Å². The molecule has 146 valence electrons. The normalized spacial score (nSPS) is 33.2. The quantitative estimate of drug-likeness (QED) is 0.520. The second-order valence-corrected chi connectivity index (χ2v) is 8.92. The predicted molar refractivity (Wildman–Crippen MR) is 79.4 cm³/mol. The number of carbonyl (C=O) groups excluding carboxylic acids is 3. The Labute approximate surface area is 148 Å². The van der Waals surface area contributed by atoms with Crippen molar-refractivity contribution < 1.29 is 45.6 Å². The maximum absolute atomic E-state index is 13.0. The van der Waals surface area contributed by atoms with Crippen LogP contribution in [0.15, 0.2) is 0 Å². The van der Waals surface area contributed by atoms with E-state index in [9.17, 15) is 31.6 Å². The maximum Gasteiger partial charge on any atom is 0.402 e. The van der Waals surface area contributed by atoms with Gasteiger partial charge in [0.2, 0.25) is 0 Å². The van der Waals surface area contributed by atoms with E-state index >= 15 is 0 Å². The first-order chi connectivity index (χ1) is 11.9. The molecule has 4 aliphatic carbocycles. The largest absolute Gasteiger partial charge is 0.455 e. The molecule has 0 aromatic rings. The lowest BCUT2D eigenvalue weighted by Crippen LogP contribution is -2.55. The Morgan fingerprint density at radius 3 is 2.27 bits per heavy atom. The molecule has 2 atom stereocenters. The zero-order valence-electron chi connectivity index (χ0n) is 13.7. The summed E-state index contributed by atoms with van der Waals surface area (Å²) in [6, 6.07) is 0. The van der Waals surface area contributed by atoms with Crippen LogP contribution in [-0.2, 0) is 34.0 Å². The minimum atomic E-state index is -5.72. The van der Waals surface area contributed by atoms with E-state index < -0.39 is 45.9 Å². The first-order valence-corrected chi connectivity index (χ1v) is 9.59. The average molecular weight is 396 g/mol. The van der Waals surface area contributed by atoms with Crippen molar-refractivity contribution in [3.63, 3.8) is 0 Å². The van der Waals surface area contributed by atoms with Crippen molar-refractivity contribution in [3.8, 4) is 0 Å². The van der Waals surface area contributed by atoms with Crippen molar-refractivity contribution in [1.82, 2.24) is 0 Å². The molecular formula is C15H18F2O8S. The van der Waals surface area contributed by atoms with Crippen LogP contribution in [0.3, 0.4) is 0 Å². The number of carbonyl (C=O) groups is 3. The van der Waals surface area contributed by atoms with Gasteiger partial charge in [-0.05, 0) is 38.0 Å². The number of hydrogen-bond acceptors (Lipinski definition) is 7. The fraction of sp³-hybridized carbons (Fsp3) is 0.800. The molecule has 26 heavy (non-hydrogen) atoms. The maximum atomic E-state index is 13.0. The lowest BCUT2D eigenvalue weighted by Gasteiger charge is -2.53. The molecule has 0 aromatic heterocycles. The fourth-order valence-corrected chi connectivity index (χ4v) is 4.76. The number of halogens is 2. The molecule has 4 fully saturated rings. The lowest BCUT2D eigenvalue weighted by molar-refractivity contribution is -0.180. The number of alkyl halides is 2. The van der Waals surface area contributed by atoms with Crippen LogP contribution >= 0.6 is 0 Å². The summed E-state index contributed by atoms with van der Waals surface area (Å²) in [6.45, 7) is -2.83. The second-order valence-electron chi connectivity index (χ2n) is 7.38. The van der Waals surface area contributed by atoms with Crippen LogP contribution in [-0.4, -0.2) is 49.2 Å². The van der Waals surface area contributed by atoms with E-state index in [1.54, 1.807) is 0 Å². The van der Waals surface area contributed by atoms with Crippen molar-refractivity contribution in [3.05, 3.63) is 0 Å². The van der Waals surface area contributed by atoms with Crippen LogP contribution in [0.25, 0.3) is 0 Å². The molecule has 4 saturated carbocycles. The highest BCUT2D eigenvalue weighted by molar-refractivity contribution is 7.86. The number of Topliss-reactive ketones (excluding diaryl/α,β-unsaturated/α-hetero) is 1. The third-order valence-electron chi connectivity index (χ3n) is 5.53.